The molecule has 0 saturated carbocycles. The van der Waals surface area contributed by atoms with Gasteiger partial charge in [0.25, 0.3) is 0 Å². The zero-order valence-electron chi connectivity index (χ0n) is 12.9. The molecule has 0 bridgehead atoms. The molecule has 19 heavy (non-hydrogen) atoms. The Labute approximate surface area is 124 Å². The van der Waals surface area contributed by atoms with Crippen molar-refractivity contribution < 1.29 is 4.74 Å². The zero-order chi connectivity index (χ0) is 14.5. The third-order valence-electron chi connectivity index (χ3n) is 3.08. The van der Waals surface area contributed by atoms with Gasteiger partial charge in [0.1, 0.15) is 0 Å². The monoisotopic (exact) mass is 326 g/mol. The Bertz CT molecular complexity index is 403. The number of methoxy groups -OCH3 is 1. The second-order valence-electron chi connectivity index (χ2n) is 6.06. The summed E-state index contributed by atoms with van der Waals surface area (Å²) >= 11 is 0.376. The molecule has 0 unspecified atom stereocenters. The maximum atomic E-state index is 5.51. The minimum atomic E-state index is 0.216. The van der Waals surface area contributed by atoms with Crippen LogP contribution in [0.1, 0.15) is 34.6 Å². The van der Waals surface area contributed by atoms with Crippen molar-refractivity contribution in [2.75, 3.05) is 7.11 Å². The summed E-state index contributed by atoms with van der Waals surface area (Å²) in [4.78, 5) is 0. The van der Waals surface area contributed by atoms with Crippen LogP contribution >= 0.6 is 0 Å². The van der Waals surface area contributed by atoms with Crippen molar-refractivity contribution in [3.05, 3.63) is 40.9 Å². The molecule has 0 N–H and O–H groups in total. The van der Waals surface area contributed by atoms with Crippen molar-refractivity contribution in [2.24, 2.45) is 11.3 Å². The fourth-order valence-corrected chi connectivity index (χ4v) is 4.58. The SMILES string of the molecule is CO[C@@H](C)[C@@H](C)/C(=C/C(C)(C)C)[Se]c1ccccc1. The van der Waals surface area contributed by atoms with Crippen molar-refractivity contribution in [3.8, 4) is 0 Å². The van der Waals surface area contributed by atoms with Crippen LogP contribution in [0.4, 0.5) is 0 Å². The standard InChI is InChI=1S/C17H26OSe/c1-13(14(2)18-6)16(12-17(3,4)5)19-15-10-8-7-9-11-15/h7-14H,1-6H3/b16-12-/t13-,14+/m1/s1. The molecular formula is C17H26OSe. The van der Waals surface area contributed by atoms with E-state index in [0.29, 0.717) is 20.9 Å². The Morgan fingerprint density at radius 3 is 2.21 bits per heavy atom. The van der Waals surface area contributed by atoms with Crippen LogP contribution < -0.4 is 4.46 Å². The van der Waals surface area contributed by atoms with Gasteiger partial charge in [-0.3, -0.25) is 0 Å². The van der Waals surface area contributed by atoms with E-state index in [1.807, 2.05) is 0 Å². The van der Waals surface area contributed by atoms with Gasteiger partial charge in [0.2, 0.25) is 0 Å². The van der Waals surface area contributed by atoms with E-state index in [9.17, 15) is 0 Å². The molecule has 1 aromatic carbocycles. The van der Waals surface area contributed by atoms with Gasteiger partial charge in [0, 0.05) is 0 Å². The van der Waals surface area contributed by atoms with Gasteiger partial charge in [-0.05, 0) is 0 Å². The Balaban J connectivity index is 2.97. The summed E-state index contributed by atoms with van der Waals surface area (Å²) in [6.07, 6.45) is 2.69. The van der Waals surface area contributed by atoms with Crippen LogP contribution in [0.5, 0.6) is 0 Å². The van der Waals surface area contributed by atoms with Crippen molar-refractivity contribution >= 4 is 19.4 Å². The van der Waals surface area contributed by atoms with Crippen LogP contribution in [0.25, 0.3) is 0 Å². The Morgan fingerprint density at radius 1 is 1.16 bits per heavy atom. The first-order chi connectivity index (χ1) is 8.83. The minimum absolute atomic E-state index is 0.216. The predicted octanol–water partition coefficient (Wildman–Crippen LogP) is 3.62. The molecule has 1 nitrogen and oxygen atoms in total. The molecule has 0 aliphatic rings. The third kappa shape index (κ3) is 5.95. The van der Waals surface area contributed by atoms with Gasteiger partial charge in [-0.2, -0.15) is 0 Å². The topological polar surface area (TPSA) is 9.23 Å². The Morgan fingerprint density at radius 2 is 1.74 bits per heavy atom. The third-order valence-corrected chi connectivity index (χ3v) is 5.67. The van der Waals surface area contributed by atoms with Crippen molar-refractivity contribution in [1.82, 2.24) is 0 Å². The van der Waals surface area contributed by atoms with E-state index in [-0.39, 0.29) is 11.5 Å². The van der Waals surface area contributed by atoms with Gasteiger partial charge in [-0.1, -0.05) is 0 Å². The summed E-state index contributed by atoms with van der Waals surface area (Å²) in [7, 11) is 1.80. The Hall–Kier alpha value is -0.561. The molecule has 0 fully saturated rings. The Kier molecular flexibility index (Phi) is 6.32. The second-order valence-corrected chi connectivity index (χ2v) is 8.46. The summed E-state index contributed by atoms with van der Waals surface area (Å²) in [5.41, 5.74) is 0.216. The molecule has 0 spiro atoms. The summed E-state index contributed by atoms with van der Waals surface area (Å²) in [6, 6.07) is 10.8. The van der Waals surface area contributed by atoms with E-state index >= 15 is 0 Å². The van der Waals surface area contributed by atoms with E-state index < -0.39 is 0 Å². The molecule has 106 valence electrons. The molecule has 0 heterocycles. The summed E-state index contributed by atoms with van der Waals surface area (Å²) < 4.78 is 8.47. The molecule has 0 amide bonds. The molecule has 1 aromatic rings. The number of rotatable bonds is 5. The molecule has 1 rings (SSSR count). The average molecular weight is 325 g/mol. The first-order valence-corrected chi connectivity index (χ1v) is 8.53. The fraction of sp³-hybridized carbons (Fsp3) is 0.529. The first kappa shape index (κ1) is 16.5. The summed E-state index contributed by atoms with van der Waals surface area (Å²) in [5, 5.41) is 0. The second kappa shape index (κ2) is 7.28. The van der Waals surface area contributed by atoms with E-state index in [4.69, 9.17) is 4.74 Å². The number of hydrogen-bond acceptors (Lipinski definition) is 1. The summed E-state index contributed by atoms with van der Waals surface area (Å²) in [6.45, 7) is 11.2. The maximum absolute atomic E-state index is 5.51. The molecule has 2 atom stereocenters. The first-order valence-electron chi connectivity index (χ1n) is 6.82. The van der Waals surface area contributed by atoms with Crippen LogP contribution in [0.2, 0.25) is 0 Å². The van der Waals surface area contributed by atoms with Gasteiger partial charge < -0.3 is 0 Å². The molecule has 2 heteroatoms. The van der Waals surface area contributed by atoms with Crippen molar-refractivity contribution in [3.63, 3.8) is 0 Å². The molecule has 0 saturated heterocycles. The van der Waals surface area contributed by atoms with Crippen LogP contribution in [0.15, 0.2) is 40.9 Å². The average Bonchev–Trinajstić information content (AvgIpc) is 2.36. The molecule has 0 radical (unpaired) electrons. The zero-order valence-corrected chi connectivity index (χ0v) is 14.6. The molecule has 0 aromatic heterocycles. The van der Waals surface area contributed by atoms with Crippen LogP contribution in [0, 0.1) is 11.3 Å². The normalized spacial score (nSPS) is 16.2. The quantitative estimate of drug-likeness (QED) is 0.752. The van der Waals surface area contributed by atoms with E-state index in [0.717, 1.165) is 0 Å². The van der Waals surface area contributed by atoms with E-state index in [1.165, 1.54) is 8.93 Å². The number of benzene rings is 1. The molecule has 0 aliphatic heterocycles. The van der Waals surface area contributed by atoms with Crippen molar-refractivity contribution in [2.45, 2.75) is 40.7 Å². The summed E-state index contributed by atoms with van der Waals surface area (Å²) in [5.74, 6) is 0.462. The molecular weight excluding hydrogens is 299 g/mol. The van der Waals surface area contributed by atoms with Crippen LogP contribution in [-0.2, 0) is 4.74 Å². The fourth-order valence-electron chi connectivity index (χ4n) is 1.74. The van der Waals surface area contributed by atoms with Gasteiger partial charge in [0.05, 0.1) is 0 Å². The number of hydrogen-bond donors (Lipinski definition) is 0. The predicted molar refractivity (Wildman–Crippen MR) is 85.0 cm³/mol. The van der Waals surface area contributed by atoms with Gasteiger partial charge in [-0.15, -0.1) is 0 Å². The van der Waals surface area contributed by atoms with Gasteiger partial charge in [-0.25, -0.2) is 0 Å². The van der Waals surface area contributed by atoms with Gasteiger partial charge in [0.15, 0.2) is 0 Å². The van der Waals surface area contributed by atoms with Crippen LogP contribution in [-0.4, -0.2) is 28.2 Å². The van der Waals surface area contributed by atoms with Crippen molar-refractivity contribution in [1.29, 1.82) is 0 Å². The van der Waals surface area contributed by atoms with Gasteiger partial charge >= 0.3 is 124 Å². The van der Waals surface area contributed by atoms with Crippen LogP contribution in [0.3, 0.4) is 0 Å². The van der Waals surface area contributed by atoms with E-state index in [1.54, 1.807) is 7.11 Å². The number of ether oxygens (including phenoxy) is 1. The van der Waals surface area contributed by atoms with E-state index in [2.05, 4.69) is 71.0 Å². The number of allylic oxidation sites excluding steroid dienone is 1. The molecule has 0 aliphatic carbocycles.